The second kappa shape index (κ2) is 6.37. The van der Waals surface area contributed by atoms with Gasteiger partial charge in [0.15, 0.2) is 0 Å². The van der Waals surface area contributed by atoms with E-state index in [1.54, 1.807) is 0 Å². The molecular weight excluding hydrogens is 282 g/mol. The van der Waals surface area contributed by atoms with Crippen molar-refractivity contribution < 1.29 is 4.74 Å². The van der Waals surface area contributed by atoms with E-state index in [1.807, 2.05) is 24.3 Å². The summed E-state index contributed by atoms with van der Waals surface area (Å²) in [4.78, 5) is 0. The number of hydrogen-bond donors (Lipinski definition) is 1. The van der Waals surface area contributed by atoms with Crippen LogP contribution in [-0.4, -0.2) is 0 Å². The van der Waals surface area contributed by atoms with E-state index in [0.717, 1.165) is 17.1 Å². The predicted octanol–water partition coefficient (Wildman–Crippen LogP) is 5.53. The first kappa shape index (κ1) is 17.6. The highest BCUT2D eigenvalue weighted by Gasteiger charge is 2.23. The number of ether oxygens (including phenoxy) is 1. The smallest absolute Gasteiger partial charge is 0.131 e. The second-order valence-electron chi connectivity index (χ2n) is 8.16. The first-order valence-electron chi connectivity index (χ1n) is 8.23. The van der Waals surface area contributed by atoms with Crippen LogP contribution in [0, 0.1) is 0 Å². The Labute approximate surface area is 140 Å². The first-order chi connectivity index (χ1) is 10.6. The standard InChI is InChI=1S/C21H29NO/c1-20(2,3)16-9-12-19(18(13-16)21(4,5)6)23-17-10-7-15(14-22)8-11-17/h7-13H,14,22H2,1-6H3. The Hall–Kier alpha value is -1.80. The Morgan fingerprint density at radius 1 is 0.826 bits per heavy atom. The van der Waals surface area contributed by atoms with Gasteiger partial charge in [-0.05, 0) is 40.2 Å². The normalized spacial score (nSPS) is 12.3. The lowest BCUT2D eigenvalue weighted by molar-refractivity contribution is 0.453. The fourth-order valence-corrected chi connectivity index (χ4v) is 2.49. The molecule has 0 fully saturated rings. The molecule has 0 amide bonds. The van der Waals surface area contributed by atoms with Crippen molar-refractivity contribution in [3.8, 4) is 11.5 Å². The molecule has 0 saturated carbocycles. The van der Waals surface area contributed by atoms with E-state index < -0.39 is 0 Å². The maximum Gasteiger partial charge on any atom is 0.131 e. The molecule has 0 heterocycles. The van der Waals surface area contributed by atoms with Crippen LogP contribution in [0.3, 0.4) is 0 Å². The molecule has 2 rings (SSSR count). The van der Waals surface area contributed by atoms with Gasteiger partial charge >= 0.3 is 0 Å². The van der Waals surface area contributed by atoms with Crippen molar-refractivity contribution in [3.05, 3.63) is 59.2 Å². The van der Waals surface area contributed by atoms with Gasteiger partial charge in [-0.3, -0.25) is 0 Å². The third kappa shape index (κ3) is 4.35. The van der Waals surface area contributed by atoms with Crippen LogP contribution >= 0.6 is 0 Å². The molecule has 124 valence electrons. The van der Waals surface area contributed by atoms with Gasteiger partial charge in [-0.2, -0.15) is 0 Å². The van der Waals surface area contributed by atoms with E-state index in [9.17, 15) is 0 Å². The van der Waals surface area contributed by atoms with Gasteiger partial charge in [0.25, 0.3) is 0 Å². The molecule has 0 spiro atoms. The summed E-state index contributed by atoms with van der Waals surface area (Å²) in [6, 6.07) is 14.5. The van der Waals surface area contributed by atoms with Gasteiger partial charge in [0, 0.05) is 12.1 Å². The van der Waals surface area contributed by atoms with Gasteiger partial charge < -0.3 is 10.5 Å². The fraction of sp³-hybridized carbons (Fsp3) is 0.429. The highest BCUT2D eigenvalue weighted by atomic mass is 16.5. The maximum atomic E-state index is 6.16. The third-order valence-corrected chi connectivity index (χ3v) is 4.04. The summed E-state index contributed by atoms with van der Waals surface area (Å²) in [6.45, 7) is 13.9. The molecule has 23 heavy (non-hydrogen) atoms. The zero-order valence-electron chi connectivity index (χ0n) is 15.2. The van der Waals surface area contributed by atoms with Crippen LogP contribution in [0.15, 0.2) is 42.5 Å². The van der Waals surface area contributed by atoms with Gasteiger partial charge in [-0.1, -0.05) is 65.8 Å². The van der Waals surface area contributed by atoms with Crippen LogP contribution in [0.4, 0.5) is 0 Å². The van der Waals surface area contributed by atoms with E-state index in [0.29, 0.717) is 6.54 Å². The van der Waals surface area contributed by atoms with E-state index in [-0.39, 0.29) is 10.8 Å². The zero-order valence-corrected chi connectivity index (χ0v) is 15.2. The van der Waals surface area contributed by atoms with Gasteiger partial charge in [-0.15, -0.1) is 0 Å². The summed E-state index contributed by atoms with van der Waals surface area (Å²) < 4.78 is 6.16. The minimum Gasteiger partial charge on any atom is -0.457 e. The average molecular weight is 311 g/mol. The molecular formula is C21H29NO. The lowest BCUT2D eigenvalue weighted by Gasteiger charge is -2.27. The van der Waals surface area contributed by atoms with Crippen LogP contribution in [-0.2, 0) is 17.4 Å². The van der Waals surface area contributed by atoms with E-state index >= 15 is 0 Å². The van der Waals surface area contributed by atoms with Gasteiger partial charge in [0.05, 0.1) is 0 Å². The molecule has 0 radical (unpaired) electrons. The quantitative estimate of drug-likeness (QED) is 0.808. The van der Waals surface area contributed by atoms with Crippen LogP contribution in [0.2, 0.25) is 0 Å². The Morgan fingerprint density at radius 2 is 1.43 bits per heavy atom. The van der Waals surface area contributed by atoms with Crippen molar-refractivity contribution in [2.24, 2.45) is 5.73 Å². The second-order valence-corrected chi connectivity index (χ2v) is 8.16. The van der Waals surface area contributed by atoms with Crippen molar-refractivity contribution in [2.75, 3.05) is 0 Å². The summed E-state index contributed by atoms with van der Waals surface area (Å²) in [5, 5.41) is 0. The SMILES string of the molecule is CC(C)(C)c1ccc(Oc2ccc(CN)cc2)c(C(C)(C)C)c1. The lowest BCUT2D eigenvalue weighted by Crippen LogP contribution is -2.17. The van der Waals surface area contributed by atoms with E-state index in [2.05, 4.69) is 59.7 Å². The highest BCUT2D eigenvalue weighted by Crippen LogP contribution is 2.37. The fourth-order valence-electron chi connectivity index (χ4n) is 2.49. The highest BCUT2D eigenvalue weighted by molar-refractivity contribution is 5.45. The number of nitrogens with two attached hydrogens (primary N) is 1. The minimum atomic E-state index is 0.0216. The Bertz CT molecular complexity index is 658. The van der Waals surface area contributed by atoms with Gasteiger partial charge in [-0.25, -0.2) is 0 Å². The van der Waals surface area contributed by atoms with E-state index in [1.165, 1.54) is 11.1 Å². The van der Waals surface area contributed by atoms with Gasteiger partial charge in [0.2, 0.25) is 0 Å². The molecule has 0 aromatic heterocycles. The maximum absolute atomic E-state index is 6.16. The van der Waals surface area contributed by atoms with Crippen molar-refractivity contribution in [2.45, 2.75) is 58.9 Å². The van der Waals surface area contributed by atoms with Crippen molar-refractivity contribution >= 4 is 0 Å². The van der Waals surface area contributed by atoms with Crippen molar-refractivity contribution in [1.29, 1.82) is 0 Å². The summed E-state index contributed by atoms with van der Waals surface area (Å²) in [5.74, 6) is 1.77. The Morgan fingerprint density at radius 3 is 1.91 bits per heavy atom. The van der Waals surface area contributed by atoms with Gasteiger partial charge in [0.1, 0.15) is 11.5 Å². The molecule has 0 aliphatic rings. The van der Waals surface area contributed by atoms with Crippen LogP contribution in [0.5, 0.6) is 11.5 Å². The topological polar surface area (TPSA) is 35.2 Å². The van der Waals surface area contributed by atoms with Crippen molar-refractivity contribution in [3.63, 3.8) is 0 Å². The minimum absolute atomic E-state index is 0.0216. The summed E-state index contributed by atoms with van der Waals surface area (Å²) in [6.07, 6.45) is 0. The number of hydrogen-bond acceptors (Lipinski definition) is 2. The molecule has 2 nitrogen and oxygen atoms in total. The largest absolute Gasteiger partial charge is 0.457 e. The summed E-state index contributed by atoms with van der Waals surface area (Å²) in [7, 11) is 0. The third-order valence-electron chi connectivity index (χ3n) is 4.04. The molecule has 0 aliphatic heterocycles. The molecule has 2 heteroatoms. The van der Waals surface area contributed by atoms with Crippen molar-refractivity contribution in [1.82, 2.24) is 0 Å². The number of rotatable bonds is 3. The summed E-state index contributed by atoms with van der Waals surface area (Å²) in [5.41, 5.74) is 9.46. The molecule has 2 aromatic carbocycles. The molecule has 0 aliphatic carbocycles. The summed E-state index contributed by atoms with van der Waals surface area (Å²) >= 11 is 0. The molecule has 2 N–H and O–H groups in total. The Kier molecular flexibility index (Phi) is 4.86. The lowest BCUT2D eigenvalue weighted by atomic mass is 9.80. The molecule has 0 unspecified atom stereocenters. The molecule has 0 saturated heterocycles. The monoisotopic (exact) mass is 311 g/mol. The first-order valence-corrected chi connectivity index (χ1v) is 8.23. The average Bonchev–Trinajstić information content (AvgIpc) is 2.46. The molecule has 0 atom stereocenters. The van der Waals surface area contributed by atoms with E-state index in [4.69, 9.17) is 10.5 Å². The predicted molar refractivity (Wildman–Crippen MR) is 98.2 cm³/mol. The zero-order chi connectivity index (χ0) is 17.3. The number of benzene rings is 2. The Balaban J connectivity index is 2.40. The van der Waals surface area contributed by atoms with Crippen LogP contribution < -0.4 is 10.5 Å². The molecule has 2 aromatic rings. The molecule has 0 bridgehead atoms. The van der Waals surface area contributed by atoms with Crippen LogP contribution in [0.1, 0.15) is 58.2 Å². The van der Waals surface area contributed by atoms with Crippen LogP contribution in [0.25, 0.3) is 0 Å².